The number of carbonyl (C=O) groups excluding carboxylic acids is 2. The Kier molecular flexibility index (Phi) is 11.8. The van der Waals surface area contributed by atoms with Crippen LogP contribution < -0.4 is 14.8 Å². The Morgan fingerprint density at radius 3 is 1.63 bits per heavy atom. The molecule has 0 radical (unpaired) electrons. The van der Waals surface area contributed by atoms with Crippen LogP contribution in [0.3, 0.4) is 0 Å². The van der Waals surface area contributed by atoms with Gasteiger partial charge in [0.1, 0.15) is 22.7 Å². The molecule has 0 fully saturated rings. The van der Waals surface area contributed by atoms with Crippen LogP contribution in [0.5, 0.6) is 11.5 Å². The number of fused-ring (bicyclic) bond motifs is 2. The second-order valence-corrected chi connectivity index (χ2v) is 15.8. The zero-order chi connectivity index (χ0) is 37.1. The van der Waals surface area contributed by atoms with E-state index >= 15 is 0 Å². The van der Waals surface area contributed by atoms with Crippen LogP contribution in [-0.4, -0.2) is 76.9 Å². The highest BCUT2D eigenvalue weighted by atomic mass is 32.2. The van der Waals surface area contributed by atoms with Gasteiger partial charge in [-0.15, -0.1) is 0 Å². The summed E-state index contributed by atoms with van der Waals surface area (Å²) >= 11 is 0. The van der Waals surface area contributed by atoms with Crippen LogP contribution in [0.25, 0.3) is 0 Å². The molecule has 2 aromatic rings. The summed E-state index contributed by atoms with van der Waals surface area (Å²) in [5.74, 6) is -0.283. The fourth-order valence-corrected chi connectivity index (χ4v) is 6.04. The summed E-state index contributed by atoms with van der Waals surface area (Å²) in [7, 11) is -5.85. The number of aliphatic hydroxyl groups excluding tert-OH is 2. The lowest BCUT2D eigenvalue weighted by atomic mass is 9.78. The summed E-state index contributed by atoms with van der Waals surface area (Å²) in [6.45, 7) is 9.62. The first-order chi connectivity index (χ1) is 22.4. The van der Waals surface area contributed by atoms with Crippen LogP contribution in [-0.2, 0) is 45.3 Å². The minimum absolute atomic E-state index is 0.123. The molecule has 49 heavy (non-hydrogen) atoms. The molecule has 2 aliphatic carbocycles. The van der Waals surface area contributed by atoms with Gasteiger partial charge in [0, 0.05) is 18.4 Å². The fraction of sp³-hybridized carbons (Fsp3) is 0.576. The van der Waals surface area contributed by atoms with E-state index in [9.17, 15) is 46.5 Å². The average molecular weight is 719 g/mol. The standard InChI is InChI=1S/C17H22F3NO6S.C16H23NO4/c1-15(2,3)26-14(23)21-16(10-22)8-7-11-5-4-6-13(12(11)9-16)27-28(24,25)17(18,19)20;1-15(2,3)21-14(20)17-16(10-18)8-7-11-5-4-6-13(19)12(11)9-16/h4-6,22H,7-10H2,1-3H3,(H,21,23);4-6,18-19H,7-10H2,1-3H3,(H,17,20). The van der Waals surface area contributed by atoms with Gasteiger partial charge in [-0.1, -0.05) is 24.3 Å². The number of phenols is 1. The Morgan fingerprint density at radius 1 is 0.776 bits per heavy atom. The number of aliphatic hydroxyl groups is 2. The van der Waals surface area contributed by atoms with Gasteiger partial charge in [0.15, 0.2) is 0 Å². The summed E-state index contributed by atoms with van der Waals surface area (Å²) in [4.78, 5) is 24.1. The second kappa shape index (κ2) is 14.6. The fourth-order valence-electron chi connectivity index (χ4n) is 5.55. The Morgan fingerprint density at radius 2 is 1.20 bits per heavy atom. The molecule has 0 aromatic heterocycles. The minimum Gasteiger partial charge on any atom is -0.508 e. The van der Waals surface area contributed by atoms with E-state index in [0.717, 1.165) is 17.2 Å². The molecule has 2 atom stereocenters. The van der Waals surface area contributed by atoms with Crippen LogP contribution in [0, 0.1) is 0 Å². The molecular weight excluding hydrogens is 673 g/mol. The van der Waals surface area contributed by atoms with Gasteiger partial charge in [0.25, 0.3) is 0 Å². The molecule has 2 aliphatic rings. The minimum atomic E-state index is -5.85. The van der Waals surface area contributed by atoms with Gasteiger partial charge in [-0.05, 0) is 96.0 Å². The van der Waals surface area contributed by atoms with Crippen molar-refractivity contribution in [3.8, 4) is 11.5 Å². The maximum Gasteiger partial charge on any atom is 0.534 e. The third-order valence-electron chi connectivity index (χ3n) is 7.87. The van der Waals surface area contributed by atoms with Gasteiger partial charge in [-0.2, -0.15) is 21.6 Å². The molecule has 274 valence electrons. The van der Waals surface area contributed by atoms with Gasteiger partial charge in [-0.25, -0.2) is 9.59 Å². The van der Waals surface area contributed by atoms with Gasteiger partial charge in [0.05, 0.1) is 24.3 Å². The number of hydrogen-bond acceptors (Lipinski definition) is 10. The summed E-state index contributed by atoms with van der Waals surface area (Å²) in [5, 5.41) is 34.9. The molecule has 0 saturated heterocycles. The highest BCUT2D eigenvalue weighted by Crippen LogP contribution is 2.37. The lowest BCUT2D eigenvalue weighted by molar-refractivity contribution is -0.0500. The molecule has 0 heterocycles. The normalized spacial score (nSPS) is 20.8. The molecule has 0 aliphatic heterocycles. The van der Waals surface area contributed by atoms with Crippen LogP contribution in [0.1, 0.15) is 76.6 Å². The van der Waals surface area contributed by atoms with Crippen LogP contribution >= 0.6 is 0 Å². The molecule has 5 N–H and O–H groups in total. The molecule has 2 aromatic carbocycles. The van der Waals surface area contributed by atoms with E-state index in [2.05, 4.69) is 14.8 Å². The molecular formula is C33H45F3N2O10S. The Bertz CT molecular complexity index is 1620. The molecule has 12 nitrogen and oxygen atoms in total. The monoisotopic (exact) mass is 718 g/mol. The number of ether oxygens (including phenoxy) is 2. The first-order valence-electron chi connectivity index (χ1n) is 15.6. The predicted molar refractivity (Wildman–Crippen MR) is 173 cm³/mol. The average Bonchev–Trinajstić information content (AvgIpc) is 2.95. The van der Waals surface area contributed by atoms with Gasteiger partial charge < -0.3 is 39.6 Å². The Hall–Kier alpha value is -3.76. The van der Waals surface area contributed by atoms with E-state index in [1.165, 1.54) is 6.07 Å². The van der Waals surface area contributed by atoms with Crippen molar-refractivity contribution >= 4 is 22.3 Å². The molecule has 2 amide bonds. The number of aryl methyl sites for hydroxylation is 2. The third kappa shape index (κ3) is 10.6. The highest BCUT2D eigenvalue weighted by Gasteiger charge is 2.49. The molecule has 4 rings (SSSR count). The van der Waals surface area contributed by atoms with Crippen molar-refractivity contribution in [1.82, 2.24) is 10.6 Å². The summed E-state index contributed by atoms with van der Waals surface area (Å²) in [6.07, 6.45) is 0.799. The molecule has 2 unspecified atom stereocenters. The van der Waals surface area contributed by atoms with E-state index in [4.69, 9.17) is 9.47 Å². The highest BCUT2D eigenvalue weighted by molar-refractivity contribution is 7.88. The zero-order valence-corrected chi connectivity index (χ0v) is 29.2. The first-order valence-corrected chi connectivity index (χ1v) is 17.0. The molecule has 16 heteroatoms. The number of carbonyl (C=O) groups is 2. The van der Waals surface area contributed by atoms with Gasteiger partial charge >= 0.3 is 27.8 Å². The van der Waals surface area contributed by atoms with Crippen molar-refractivity contribution < 1.29 is 60.2 Å². The van der Waals surface area contributed by atoms with E-state index in [1.54, 1.807) is 59.7 Å². The maximum absolute atomic E-state index is 12.7. The Balaban J connectivity index is 0.000000276. The third-order valence-corrected chi connectivity index (χ3v) is 8.84. The lowest BCUT2D eigenvalue weighted by Gasteiger charge is -2.38. The predicted octanol–water partition coefficient (Wildman–Crippen LogP) is 4.80. The van der Waals surface area contributed by atoms with E-state index in [1.807, 2.05) is 6.07 Å². The van der Waals surface area contributed by atoms with Crippen molar-refractivity contribution in [3.05, 3.63) is 58.7 Å². The number of benzene rings is 2. The number of rotatable bonds is 6. The van der Waals surface area contributed by atoms with Crippen molar-refractivity contribution in [2.24, 2.45) is 0 Å². The number of nitrogens with one attached hydrogen (secondary N) is 2. The van der Waals surface area contributed by atoms with E-state index in [-0.39, 0.29) is 37.2 Å². The van der Waals surface area contributed by atoms with Crippen molar-refractivity contribution in [3.63, 3.8) is 0 Å². The quantitative estimate of drug-likeness (QED) is 0.206. The van der Waals surface area contributed by atoms with Crippen LogP contribution in [0.15, 0.2) is 36.4 Å². The number of aromatic hydroxyl groups is 1. The summed E-state index contributed by atoms with van der Waals surface area (Å²) in [5.41, 5.74) is -6.37. The molecule has 0 bridgehead atoms. The number of phenolic OH excluding ortho intramolecular Hbond substituents is 1. The zero-order valence-electron chi connectivity index (χ0n) is 28.4. The smallest absolute Gasteiger partial charge is 0.508 e. The molecule has 0 spiro atoms. The number of hydrogen-bond donors (Lipinski definition) is 5. The number of alkyl halides is 3. The van der Waals surface area contributed by atoms with Gasteiger partial charge in [-0.3, -0.25) is 0 Å². The van der Waals surface area contributed by atoms with Crippen molar-refractivity contribution in [2.45, 2.75) is 108 Å². The Labute approximate surface area is 284 Å². The van der Waals surface area contributed by atoms with E-state index < -0.39 is 62.4 Å². The van der Waals surface area contributed by atoms with Crippen LogP contribution in [0.2, 0.25) is 0 Å². The number of halogens is 3. The lowest BCUT2D eigenvalue weighted by Crippen LogP contribution is -2.55. The second-order valence-electron chi connectivity index (χ2n) is 14.3. The topological polar surface area (TPSA) is 181 Å². The van der Waals surface area contributed by atoms with Crippen LogP contribution in [0.4, 0.5) is 22.8 Å². The SMILES string of the molecule is CC(C)(C)OC(=O)NC1(CO)CCc2cccc(O)c2C1.CC(C)(C)OC(=O)NC1(CO)CCc2cccc(OS(=O)(=O)C(F)(F)F)c2C1. The molecule has 0 saturated carbocycles. The van der Waals surface area contributed by atoms with E-state index in [0.29, 0.717) is 24.8 Å². The maximum atomic E-state index is 12.7. The summed E-state index contributed by atoms with van der Waals surface area (Å²) in [6, 6.07) is 9.50. The number of alkyl carbamates (subject to hydrolysis) is 2. The van der Waals surface area contributed by atoms with Crippen molar-refractivity contribution in [1.29, 1.82) is 0 Å². The first kappa shape index (κ1) is 39.7. The van der Waals surface area contributed by atoms with Gasteiger partial charge in [0.2, 0.25) is 0 Å². The van der Waals surface area contributed by atoms with Crippen molar-refractivity contribution in [2.75, 3.05) is 13.2 Å². The number of amides is 2. The summed E-state index contributed by atoms with van der Waals surface area (Å²) < 4.78 is 75.5. The largest absolute Gasteiger partial charge is 0.534 e.